The van der Waals surface area contributed by atoms with E-state index in [1.54, 1.807) is 12.3 Å². The van der Waals surface area contributed by atoms with Crippen LogP contribution < -0.4 is 15.2 Å². The lowest BCUT2D eigenvalue weighted by molar-refractivity contribution is 0.416. The molecule has 0 aliphatic carbocycles. The lowest BCUT2D eigenvalue weighted by atomic mass is 10.2. The first-order valence-electron chi connectivity index (χ1n) is 6.40. The van der Waals surface area contributed by atoms with Gasteiger partial charge >= 0.3 is 0 Å². The summed E-state index contributed by atoms with van der Waals surface area (Å²) in [5, 5.41) is 12.4. The fourth-order valence-electron chi connectivity index (χ4n) is 1.87. The van der Waals surface area contributed by atoms with Crippen molar-refractivity contribution in [1.82, 2.24) is 9.78 Å². The fourth-order valence-corrected chi connectivity index (χ4v) is 2.41. The average molecular weight is 310 g/mol. The summed E-state index contributed by atoms with van der Waals surface area (Å²) in [6, 6.07) is 4.43. The van der Waals surface area contributed by atoms with Crippen LogP contribution in [0.25, 0.3) is 0 Å². The number of aryl methyl sites for hydroxylation is 1. The molecular formula is C13H18N4O3S. The molecule has 1 aromatic heterocycles. The fraction of sp³-hybridized carbons (Fsp3) is 0.308. The van der Waals surface area contributed by atoms with Gasteiger partial charge in [0.05, 0.1) is 23.9 Å². The van der Waals surface area contributed by atoms with E-state index in [4.69, 9.17) is 9.88 Å². The van der Waals surface area contributed by atoms with E-state index in [0.29, 0.717) is 18.0 Å². The van der Waals surface area contributed by atoms with E-state index in [1.165, 1.54) is 19.2 Å². The molecule has 1 heterocycles. The molecule has 7 nitrogen and oxygen atoms in total. The van der Waals surface area contributed by atoms with Gasteiger partial charge in [0.25, 0.3) is 0 Å². The minimum atomic E-state index is -3.75. The van der Waals surface area contributed by atoms with Gasteiger partial charge in [0.15, 0.2) is 0 Å². The average Bonchev–Trinajstić information content (AvgIpc) is 2.91. The third-order valence-corrected chi connectivity index (χ3v) is 3.90. The van der Waals surface area contributed by atoms with E-state index < -0.39 is 10.0 Å². The number of anilines is 1. The summed E-state index contributed by atoms with van der Waals surface area (Å²) in [6.07, 6.45) is 3.68. The summed E-state index contributed by atoms with van der Waals surface area (Å²) in [6.45, 7) is 3.30. The van der Waals surface area contributed by atoms with Gasteiger partial charge in [-0.05, 0) is 25.1 Å². The van der Waals surface area contributed by atoms with Crippen LogP contribution in [0.15, 0.2) is 35.5 Å². The Morgan fingerprint density at radius 1 is 1.43 bits per heavy atom. The molecule has 0 spiro atoms. The Hall–Kier alpha value is -2.06. The SMILES string of the molecule is CCn1cc(CNc2cc(S(N)(=O)=O)ccc2OC)cn1. The largest absolute Gasteiger partial charge is 0.495 e. The Morgan fingerprint density at radius 2 is 2.19 bits per heavy atom. The van der Waals surface area contributed by atoms with Crippen molar-refractivity contribution in [2.24, 2.45) is 5.14 Å². The van der Waals surface area contributed by atoms with Gasteiger partial charge in [0.2, 0.25) is 10.0 Å². The van der Waals surface area contributed by atoms with Gasteiger partial charge < -0.3 is 10.1 Å². The van der Waals surface area contributed by atoms with Gasteiger partial charge in [-0.3, -0.25) is 4.68 Å². The highest BCUT2D eigenvalue weighted by molar-refractivity contribution is 7.89. The molecule has 0 amide bonds. The molecule has 1 aromatic carbocycles. The van der Waals surface area contributed by atoms with E-state index in [9.17, 15) is 8.42 Å². The molecule has 0 bridgehead atoms. The second-order valence-electron chi connectivity index (χ2n) is 4.46. The van der Waals surface area contributed by atoms with E-state index >= 15 is 0 Å². The Morgan fingerprint density at radius 3 is 2.76 bits per heavy atom. The van der Waals surface area contributed by atoms with Crippen LogP contribution in [0.5, 0.6) is 5.75 Å². The Bertz CT molecular complexity index is 725. The number of hydrogen-bond acceptors (Lipinski definition) is 5. The molecule has 114 valence electrons. The van der Waals surface area contributed by atoms with E-state index in [1.807, 2.05) is 17.8 Å². The first-order valence-corrected chi connectivity index (χ1v) is 7.94. The van der Waals surface area contributed by atoms with Crippen LogP contribution in [0.1, 0.15) is 12.5 Å². The van der Waals surface area contributed by atoms with Crippen molar-refractivity contribution in [3.8, 4) is 5.75 Å². The van der Waals surface area contributed by atoms with Crippen molar-refractivity contribution in [2.75, 3.05) is 12.4 Å². The molecule has 3 N–H and O–H groups in total. The molecule has 0 radical (unpaired) electrons. The number of hydrogen-bond donors (Lipinski definition) is 2. The predicted molar refractivity (Wildman–Crippen MR) is 79.6 cm³/mol. The molecule has 2 aromatic rings. The van der Waals surface area contributed by atoms with Gasteiger partial charge in [-0.1, -0.05) is 0 Å². The van der Waals surface area contributed by atoms with Crippen molar-refractivity contribution in [3.63, 3.8) is 0 Å². The van der Waals surface area contributed by atoms with Crippen molar-refractivity contribution >= 4 is 15.7 Å². The Labute approximate surface area is 123 Å². The van der Waals surface area contributed by atoms with Crippen LogP contribution in [0.4, 0.5) is 5.69 Å². The predicted octanol–water partition coefficient (Wildman–Crippen LogP) is 1.17. The molecule has 0 aliphatic heterocycles. The van der Waals surface area contributed by atoms with Gasteiger partial charge in [-0.15, -0.1) is 0 Å². The van der Waals surface area contributed by atoms with Crippen LogP contribution in [0, 0.1) is 0 Å². The molecule has 21 heavy (non-hydrogen) atoms. The van der Waals surface area contributed by atoms with Crippen molar-refractivity contribution in [1.29, 1.82) is 0 Å². The number of rotatable bonds is 6. The second-order valence-corrected chi connectivity index (χ2v) is 6.03. The zero-order valence-corrected chi connectivity index (χ0v) is 12.7. The summed E-state index contributed by atoms with van der Waals surface area (Å²) in [7, 11) is -2.23. The normalized spacial score (nSPS) is 11.4. The van der Waals surface area contributed by atoms with Gasteiger partial charge in [-0.25, -0.2) is 13.6 Å². The Kier molecular flexibility index (Phi) is 4.49. The summed E-state index contributed by atoms with van der Waals surface area (Å²) >= 11 is 0. The van der Waals surface area contributed by atoms with E-state index in [0.717, 1.165) is 12.1 Å². The molecule has 0 aliphatic rings. The standard InChI is InChI=1S/C13H18N4O3S/c1-3-17-9-10(8-16-17)7-15-12-6-11(21(14,18)19)4-5-13(12)20-2/h4-6,8-9,15H,3,7H2,1-2H3,(H2,14,18,19). The number of ether oxygens (including phenoxy) is 1. The molecule has 0 atom stereocenters. The number of sulfonamides is 1. The van der Waals surface area contributed by atoms with Crippen LogP contribution in [-0.4, -0.2) is 25.3 Å². The Balaban J connectivity index is 2.21. The van der Waals surface area contributed by atoms with Gasteiger partial charge in [0, 0.05) is 24.8 Å². The number of primary sulfonamides is 1. The molecule has 0 saturated carbocycles. The van der Waals surface area contributed by atoms with Gasteiger partial charge in [0.1, 0.15) is 5.75 Å². The highest BCUT2D eigenvalue weighted by Crippen LogP contribution is 2.27. The third-order valence-electron chi connectivity index (χ3n) is 2.99. The summed E-state index contributed by atoms with van der Waals surface area (Å²) in [5.41, 5.74) is 1.55. The quantitative estimate of drug-likeness (QED) is 0.834. The van der Waals surface area contributed by atoms with E-state index in [-0.39, 0.29) is 4.90 Å². The number of nitrogens with two attached hydrogens (primary N) is 1. The number of nitrogens with zero attached hydrogens (tertiary/aromatic N) is 2. The zero-order valence-electron chi connectivity index (χ0n) is 11.9. The van der Waals surface area contributed by atoms with Crippen LogP contribution >= 0.6 is 0 Å². The summed E-state index contributed by atoms with van der Waals surface area (Å²) < 4.78 is 29.8. The summed E-state index contributed by atoms with van der Waals surface area (Å²) in [4.78, 5) is 0.0371. The van der Waals surface area contributed by atoms with E-state index in [2.05, 4.69) is 10.4 Å². The van der Waals surface area contributed by atoms with Crippen molar-refractivity contribution in [3.05, 3.63) is 36.2 Å². The molecule has 0 fully saturated rings. The minimum Gasteiger partial charge on any atom is -0.495 e. The number of aromatic nitrogens is 2. The number of benzene rings is 1. The first-order chi connectivity index (χ1) is 9.94. The highest BCUT2D eigenvalue weighted by atomic mass is 32.2. The van der Waals surface area contributed by atoms with Gasteiger partial charge in [-0.2, -0.15) is 5.10 Å². The van der Waals surface area contributed by atoms with Crippen LogP contribution in [0.3, 0.4) is 0 Å². The smallest absolute Gasteiger partial charge is 0.238 e. The second kappa shape index (κ2) is 6.15. The topological polar surface area (TPSA) is 99.2 Å². The summed E-state index contributed by atoms with van der Waals surface area (Å²) in [5.74, 6) is 0.547. The van der Waals surface area contributed by atoms with Crippen LogP contribution in [0.2, 0.25) is 0 Å². The van der Waals surface area contributed by atoms with Crippen molar-refractivity contribution < 1.29 is 13.2 Å². The van der Waals surface area contributed by atoms with Crippen molar-refractivity contribution in [2.45, 2.75) is 24.9 Å². The van der Waals surface area contributed by atoms with Crippen LogP contribution in [-0.2, 0) is 23.1 Å². The number of nitrogens with one attached hydrogen (secondary N) is 1. The minimum absolute atomic E-state index is 0.0371. The maximum atomic E-state index is 11.4. The third kappa shape index (κ3) is 3.73. The zero-order chi connectivity index (χ0) is 15.5. The molecular weight excluding hydrogens is 292 g/mol. The first kappa shape index (κ1) is 15.3. The maximum Gasteiger partial charge on any atom is 0.238 e. The molecule has 8 heteroatoms. The highest BCUT2D eigenvalue weighted by Gasteiger charge is 2.12. The lowest BCUT2D eigenvalue weighted by Crippen LogP contribution is -2.12. The monoisotopic (exact) mass is 310 g/mol. The molecule has 2 rings (SSSR count). The molecule has 0 saturated heterocycles. The lowest BCUT2D eigenvalue weighted by Gasteiger charge is -2.11. The molecule has 0 unspecified atom stereocenters. The number of methoxy groups -OCH3 is 1. The maximum absolute atomic E-state index is 11.4.